The van der Waals surface area contributed by atoms with Gasteiger partial charge in [0.05, 0.1) is 0 Å². The van der Waals surface area contributed by atoms with E-state index in [1.54, 1.807) is 0 Å². The summed E-state index contributed by atoms with van der Waals surface area (Å²) in [5, 5.41) is 9.07. The fourth-order valence-electron chi connectivity index (χ4n) is 0.0855. The van der Waals surface area contributed by atoms with Gasteiger partial charge in [-0.05, 0) is 0 Å². The van der Waals surface area contributed by atoms with E-state index in [-0.39, 0.29) is 0 Å². The van der Waals surface area contributed by atoms with Crippen LogP contribution in [0.1, 0.15) is 0 Å². The third kappa shape index (κ3) is 5.62. The Bertz CT molecular complexity index is 72.1. The van der Waals surface area contributed by atoms with Crippen LogP contribution >= 0.6 is 8.53 Å². The van der Waals surface area contributed by atoms with Gasteiger partial charge in [-0.1, -0.05) is 0 Å². The van der Waals surface area contributed by atoms with Gasteiger partial charge in [0.15, 0.2) is 0 Å². The van der Waals surface area contributed by atoms with Crippen LogP contribution < -0.4 is 5.09 Å². The molecule has 0 aliphatic heterocycles. The molecule has 5 nitrogen and oxygen atoms in total. The Balaban J connectivity index is 3.13. The number of amides is 1. The third-order valence-electron chi connectivity index (χ3n) is 0.196. The first-order valence-corrected chi connectivity index (χ1v) is 2.55. The molecule has 0 fully saturated rings. The molecular weight excluding hydrogens is 121 g/mol. The van der Waals surface area contributed by atoms with Crippen molar-refractivity contribution in [2.24, 2.45) is 0 Å². The largest absolute Gasteiger partial charge is 0.465 e. The van der Waals surface area contributed by atoms with E-state index in [1.165, 1.54) is 5.09 Å². The van der Waals surface area contributed by atoms with Crippen molar-refractivity contribution in [3.8, 4) is 0 Å². The lowest BCUT2D eigenvalue weighted by Gasteiger charge is -1.95. The topological polar surface area (TPSA) is 89.8 Å². The van der Waals surface area contributed by atoms with Gasteiger partial charge in [0.1, 0.15) is 0 Å². The molecule has 42 valence electrons. The molecule has 4 N–H and O–H groups in total. The highest BCUT2D eigenvalue weighted by Gasteiger charge is 1.99. The highest BCUT2D eigenvalue weighted by Crippen LogP contribution is 2.13. The Labute approximate surface area is 40.6 Å². The molecule has 1 amide bonds. The molecule has 0 unspecified atom stereocenters. The molecule has 0 saturated carbocycles. The van der Waals surface area contributed by atoms with E-state index in [2.05, 4.69) is 0 Å². The lowest BCUT2D eigenvalue weighted by Crippen LogP contribution is -2.13. The summed E-state index contributed by atoms with van der Waals surface area (Å²) in [6, 6.07) is 0. The Morgan fingerprint density at radius 3 is 2.00 bits per heavy atom. The minimum Gasteiger partial charge on any atom is -0.465 e. The first-order chi connectivity index (χ1) is 3.13. The van der Waals surface area contributed by atoms with Crippen LogP contribution in [0.15, 0.2) is 0 Å². The zero-order valence-electron chi connectivity index (χ0n) is 3.20. The molecule has 0 saturated heterocycles. The van der Waals surface area contributed by atoms with E-state index in [9.17, 15) is 4.79 Å². The molecule has 0 rings (SSSR count). The summed E-state index contributed by atoms with van der Waals surface area (Å²) in [5.41, 5.74) is 0. The lowest BCUT2D eigenvalue weighted by atomic mass is 11.3. The van der Waals surface area contributed by atoms with Crippen LogP contribution in [0.3, 0.4) is 0 Å². The highest BCUT2D eigenvalue weighted by molar-refractivity contribution is 7.43. The first-order valence-electron chi connectivity index (χ1n) is 1.30. The first kappa shape index (κ1) is 6.62. The Morgan fingerprint density at radius 1 is 1.57 bits per heavy atom. The molecule has 0 aliphatic carbocycles. The van der Waals surface area contributed by atoms with Gasteiger partial charge in [-0.2, -0.15) is 0 Å². The SMILES string of the molecule is O=C(O)NP(O)O. The predicted molar refractivity (Wildman–Crippen MR) is 22.5 cm³/mol. The summed E-state index contributed by atoms with van der Waals surface area (Å²) in [4.78, 5) is 25.1. The van der Waals surface area contributed by atoms with Crippen LogP contribution in [0.25, 0.3) is 0 Å². The summed E-state index contributed by atoms with van der Waals surface area (Å²) in [5.74, 6) is 0. The fourth-order valence-corrected chi connectivity index (χ4v) is 0.257. The summed E-state index contributed by atoms with van der Waals surface area (Å²) < 4.78 is 0. The minimum atomic E-state index is -2.49. The van der Waals surface area contributed by atoms with E-state index in [1.807, 2.05) is 0 Å². The number of rotatable bonds is 1. The minimum absolute atomic E-state index is 1.40. The monoisotopic (exact) mass is 125 g/mol. The van der Waals surface area contributed by atoms with Gasteiger partial charge in [-0.15, -0.1) is 0 Å². The maximum absolute atomic E-state index is 9.39. The second-order valence-corrected chi connectivity index (χ2v) is 1.51. The fraction of sp³-hybridized carbons (Fsp3) is 0. The summed E-state index contributed by atoms with van der Waals surface area (Å²) in [6.07, 6.45) is -1.43. The van der Waals surface area contributed by atoms with Crippen molar-refractivity contribution in [1.82, 2.24) is 5.09 Å². The molecule has 0 aromatic carbocycles. The van der Waals surface area contributed by atoms with Crippen LogP contribution in [0, 0.1) is 0 Å². The molecule has 0 heterocycles. The Morgan fingerprint density at radius 2 is 2.00 bits per heavy atom. The van der Waals surface area contributed by atoms with Crippen LogP contribution in [0.2, 0.25) is 0 Å². The number of carbonyl (C=O) groups is 1. The van der Waals surface area contributed by atoms with Gasteiger partial charge in [0, 0.05) is 0 Å². The predicted octanol–water partition coefficient (Wildman–Crippen LogP) is -0.535. The van der Waals surface area contributed by atoms with Gasteiger partial charge in [-0.3, -0.25) is 5.09 Å². The Kier molecular flexibility index (Phi) is 2.59. The zero-order chi connectivity index (χ0) is 5.86. The summed E-state index contributed by atoms with van der Waals surface area (Å²) in [7, 11) is -2.49. The molecule has 0 radical (unpaired) electrons. The molecule has 0 atom stereocenters. The second kappa shape index (κ2) is 2.74. The van der Waals surface area contributed by atoms with Gasteiger partial charge in [-0.25, -0.2) is 4.79 Å². The van der Waals surface area contributed by atoms with Crippen molar-refractivity contribution in [3.63, 3.8) is 0 Å². The van der Waals surface area contributed by atoms with E-state index in [0.29, 0.717) is 0 Å². The molecular formula is CH4NO4P. The average molecular weight is 125 g/mol. The highest BCUT2D eigenvalue weighted by atomic mass is 31.2. The second-order valence-electron chi connectivity index (χ2n) is 0.706. The number of carboxylic acid groups (broad SMARTS) is 1. The van der Waals surface area contributed by atoms with Crippen LogP contribution in [-0.4, -0.2) is 21.0 Å². The smallest absolute Gasteiger partial charge is 0.411 e. The van der Waals surface area contributed by atoms with Crippen molar-refractivity contribution < 1.29 is 19.7 Å². The summed E-state index contributed by atoms with van der Waals surface area (Å²) in [6.45, 7) is 0. The standard InChI is InChI=1S/CH4NO4P/c3-1(4)2-7(5)6/h2,5-6H,(H,3,4). The van der Waals surface area contributed by atoms with E-state index in [0.717, 1.165) is 0 Å². The Hall–Kier alpha value is -0.380. The summed E-state index contributed by atoms with van der Waals surface area (Å²) >= 11 is 0. The quantitative estimate of drug-likeness (QED) is 0.354. The van der Waals surface area contributed by atoms with Gasteiger partial charge >= 0.3 is 6.09 Å². The van der Waals surface area contributed by atoms with Crippen molar-refractivity contribution in [2.45, 2.75) is 0 Å². The van der Waals surface area contributed by atoms with Gasteiger partial charge in [0.25, 0.3) is 8.53 Å². The molecule has 0 aromatic rings. The van der Waals surface area contributed by atoms with Crippen molar-refractivity contribution in [3.05, 3.63) is 0 Å². The normalized spacial score (nSPS) is 9.00. The van der Waals surface area contributed by atoms with Gasteiger partial charge in [0.2, 0.25) is 0 Å². The van der Waals surface area contributed by atoms with Crippen molar-refractivity contribution in [2.75, 3.05) is 0 Å². The number of nitrogens with one attached hydrogen (secondary N) is 1. The molecule has 0 spiro atoms. The zero-order valence-corrected chi connectivity index (χ0v) is 4.09. The van der Waals surface area contributed by atoms with Crippen molar-refractivity contribution in [1.29, 1.82) is 0 Å². The third-order valence-corrected chi connectivity index (χ3v) is 0.587. The lowest BCUT2D eigenvalue weighted by molar-refractivity contribution is 0.199. The number of hydrogen-bond acceptors (Lipinski definition) is 3. The molecule has 0 bridgehead atoms. The van der Waals surface area contributed by atoms with Crippen LogP contribution in [0.5, 0.6) is 0 Å². The average Bonchev–Trinajstić information content (AvgIpc) is 1.27. The van der Waals surface area contributed by atoms with Crippen LogP contribution in [0.4, 0.5) is 4.79 Å². The van der Waals surface area contributed by atoms with Gasteiger partial charge < -0.3 is 14.9 Å². The molecule has 7 heavy (non-hydrogen) atoms. The molecule has 0 aromatic heterocycles. The number of hydrogen-bond donors (Lipinski definition) is 4. The van der Waals surface area contributed by atoms with E-state index >= 15 is 0 Å². The van der Waals surface area contributed by atoms with E-state index < -0.39 is 14.6 Å². The maximum atomic E-state index is 9.39. The van der Waals surface area contributed by atoms with Crippen LogP contribution in [-0.2, 0) is 0 Å². The maximum Gasteiger partial charge on any atom is 0.411 e. The molecule has 0 aliphatic rings. The molecule has 6 heteroatoms. The van der Waals surface area contributed by atoms with Crippen molar-refractivity contribution >= 4 is 14.6 Å². The van der Waals surface area contributed by atoms with E-state index in [4.69, 9.17) is 14.9 Å².